The van der Waals surface area contributed by atoms with Gasteiger partial charge in [0.25, 0.3) is 5.69 Å². The van der Waals surface area contributed by atoms with Gasteiger partial charge in [0.2, 0.25) is 0 Å². The van der Waals surface area contributed by atoms with Crippen LogP contribution >= 0.6 is 11.6 Å². The summed E-state index contributed by atoms with van der Waals surface area (Å²) in [5, 5.41) is 20.6. The van der Waals surface area contributed by atoms with Gasteiger partial charge in [-0.15, -0.1) is 0 Å². The van der Waals surface area contributed by atoms with Crippen LogP contribution in [0.5, 0.6) is 0 Å². The van der Waals surface area contributed by atoms with Crippen molar-refractivity contribution in [2.45, 2.75) is 33.1 Å². The highest BCUT2D eigenvalue weighted by molar-refractivity contribution is 6.30. The van der Waals surface area contributed by atoms with E-state index in [4.69, 9.17) is 11.6 Å². The van der Waals surface area contributed by atoms with Crippen LogP contribution in [0.3, 0.4) is 0 Å². The molecule has 1 unspecified atom stereocenters. The lowest BCUT2D eigenvalue weighted by molar-refractivity contribution is -0.385. The predicted molar refractivity (Wildman–Crippen MR) is 72.5 cm³/mol. The standard InChI is InChI=1S/C13H16ClNO4/c1-3-6-13(2,12(16)17)8-9-7-10(14)4-5-11(9)15(18)19/h4-5,7H,3,6,8H2,1-2H3,(H,16,17). The number of nitrogens with zero attached hydrogens (tertiary/aromatic N) is 1. The number of halogens is 1. The molecule has 0 bridgehead atoms. The predicted octanol–water partition coefficient (Wildman–Crippen LogP) is 3.68. The molecule has 1 aromatic carbocycles. The zero-order chi connectivity index (χ0) is 14.6. The van der Waals surface area contributed by atoms with Crippen molar-refractivity contribution in [2.75, 3.05) is 0 Å². The monoisotopic (exact) mass is 285 g/mol. The molecule has 0 saturated carbocycles. The number of nitro groups is 1. The van der Waals surface area contributed by atoms with Gasteiger partial charge in [0, 0.05) is 16.7 Å². The van der Waals surface area contributed by atoms with Crippen molar-refractivity contribution in [3.63, 3.8) is 0 Å². The third-order valence-corrected chi connectivity index (χ3v) is 3.37. The van der Waals surface area contributed by atoms with E-state index in [1.54, 1.807) is 6.92 Å². The van der Waals surface area contributed by atoms with Crippen LogP contribution in [0.2, 0.25) is 5.02 Å². The van der Waals surface area contributed by atoms with Crippen LogP contribution in [-0.4, -0.2) is 16.0 Å². The van der Waals surface area contributed by atoms with Gasteiger partial charge in [0.05, 0.1) is 10.3 Å². The molecule has 0 aliphatic rings. The minimum absolute atomic E-state index is 0.0898. The summed E-state index contributed by atoms with van der Waals surface area (Å²) >= 11 is 5.84. The first kappa shape index (κ1) is 15.4. The zero-order valence-corrected chi connectivity index (χ0v) is 11.6. The van der Waals surface area contributed by atoms with Crippen LogP contribution in [0, 0.1) is 15.5 Å². The van der Waals surface area contributed by atoms with E-state index in [2.05, 4.69) is 0 Å². The first-order valence-corrected chi connectivity index (χ1v) is 6.34. The number of benzene rings is 1. The van der Waals surface area contributed by atoms with Crippen molar-refractivity contribution in [3.05, 3.63) is 38.9 Å². The van der Waals surface area contributed by atoms with Gasteiger partial charge in [-0.3, -0.25) is 14.9 Å². The third-order valence-electron chi connectivity index (χ3n) is 3.14. The molecule has 1 aromatic rings. The van der Waals surface area contributed by atoms with E-state index in [-0.39, 0.29) is 12.1 Å². The number of rotatable bonds is 6. The molecule has 1 rings (SSSR count). The molecule has 0 heterocycles. The molecule has 0 saturated heterocycles. The number of hydrogen-bond donors (Lipinski definition) is 1. The molecule has 0 fully saturated rings. The Morgan fingerprint density at radius 1 is 1.53 bits per heavy atom. The normalized spacial score (nSPS) is 13.8. The molecule has 19 heavy (non-hydrogen) atoms. The molecular weight excluding hydrogens is 270 g/mol. The molecule has 5 nitrogen and oxygen atoms in total. The van der Waals surface area contributed by atoms with Gasteiger partial charge in [0.15, 0.2) is 0 Å². The quantitative estimate of drug-likeness (QED) is 0.638. The van der Waals surface area contributed by atoms with Crippen LogP contribution in [0.1, 0.15) is 32.3 Å². The SMILES string of the molecule is CCCC(C)(Cc1cc(Cl)ccc1[N+](=O)[O-])C(=O)O. The van der Waals surface area contributed by atoms with Crippen molar-refractivity contribution >= 4 is 23.3 Å². The first-order chi connectivity index (χ1) is 8.80. The lowest BCUT2D eigenvalue weighted by Gasteiger charge is -2.24. The van der Waals surface area contributed by atoms with Crippen LogP contribution < -0.4 is 0 Å². The maximum Gasteiger partial charge on any atom is 0.309 e. The van der Waals surface area contributed by atoms with E-state index in [1.165, 1.54) is 18.2 Å². The van der Waals surface area contributed by atoms with Gasteiger partial charge in [-0.25, -0.2) is 0 Å². The van der Waals surface area contributed by atoms with Gasteiger partial charge in [-0.2, -0.15) is 0 Å². The van der Waals surface area contributed by atoms with Gasteiger partial charge in [-0.05, 0) is 31.9 Å². The molecule has 0 radical (unpaired) electrons. The topological polar surface area (TPSA) is 80.4 Å². The minimum atomic E-state index is -1.02. The number of aliphatic carboxylic acids is 1. The van der Waals surface area contributed by atoms with Crippen molar-refractivity contribution in [1.82, 2.24) is 0 Å². The average molecular weight is 286 g/mol. The van der Waals surface area contributed by atoms with Crippen molar-refractivity contribution in [3.8, 4) is 0 Å². The second-order valence-corrected chi connectivity index (χ2v) is 5.26. The minimum Gasteiger partial charge on any atom is -0.481 e. The number of carboxylic acid groups (broad SMARTS) is 1. The second-order valence-electron chi connectivity index (χ2n) is 4.82. The lowest BCUT2D eigenvalue weighted by atomic mass is 9.79. The summed E-state index contributed by atoms with van der Waals surface area (Å²) in [6, 6.07) is 4.21. The van der Waals surface area contributed by atoms with Crippen molar-refractivity contribution in [2.24, 2.45) is 5.41 Å². The van der Waals surface area contributed by atoms with E-state index in [1.807, 2.05) is 6.92 Å². The van der Waals surface area contributed by atoms with Crippen LogP contribution in [0.4, 0.5) is 5.69 Å². The fourth-order valence-electron chi connectivity index (χ4n) is 2.12. The van der Waals surface area contributed by atoms with Gasteiger partial charge in [0.1, 0.15) is 0 Å². The Kier molecular flexibility index (Phi) is 4.89. The Bertz CT molecular complexity index is 503. The summed E-state index contributed by atoms with van der Waals surface area (Å²) < 4.78 is 0. The van der Waals surface area contributed by atoms with Crippen molar-refractivity contribution in [1.29, 1.82) is 0 Å². The Hall–Kier alpha value is -1.62. The smallest absolute Gasteiger partial charge is 0.309 e. The molecule has 0 aliphatic heterocycles. The number of carbonyl (C=O) groups is 1. The van der Waals surface area contributed by atoms with E-state index < -0.39 is 16.3 Å². The van der Waals surface area contributed by atoms with Crippen LogP contribution in [0.15, 0.2) is 18.2 Å². The highest BCUT2D eigenvalue weighted by Gasteiger charge is 2.34. The zero-order valence-electron chi connectivity index (χ0n) is 10.9. The Morgan fingerprint density at radius 3 is 2.63 bits per heavy atom. The summed E-state index contributed by atoms with van der Waals surface area (Å²) in [5.74, 6) is -0.955. The van der Waals surface area contributed by atoms with E-state index in [0.29, 0.717) is 23.4 Å². The summed E-state index contributed by atoms with van der Waals surface area (Å²) in [5.41, 5.74) is -0.756. The number of hydrogen-bond acceptors (Lipinski definition) is 3. The number of carboxylic acids is 1. The van der Waals surface area contributed by atoms with Gasteiger partial charge >= 0.3 is 5.97 Å². The molecule has 0 spiro atoms. The van der Waals surface area contributed by atoms with Gasteiger partial charge < -0.3 is 5.11 Å². The summed E-state index contributed by atoms with van der Waals surface area (Å²) in [6.45, 7) is 3.48. The summed E-state index contributed by atoms with van der Waals surface area (Å²) in [4.78, 5) is 21.8. The van der Waals surface area contributed by atoms with E-state index >= 15 is 0 Å². The first-order valence-electron chi connectivity index (χ1n) is 5.96. The van der Waals surface area contributed by atoms with Crippen molar-refractivity contribution < 1.29 is 14.8 Å². The highest BCUT2D eigenvalue weighted by Crippen LogP contribution is 2.33. The fraction of sp³-hybridized carbons (Fsp3) is 0.462. The summed E-state index contributed by atoms with van der Waals surface area (Å²) in [7, 11) is 0. The number of nitro benzene ring substituents is 1. The van der Waals surface area contributed by atoms with E-state index in [0.717, 1.165) is 0 Å². The van der Waals surface area contributed by atoms with Gasteiger partial charge in [-0.1, -0.05) is 24.9 Å². The molecule has 1 atom stereocenters. The second kappa shape index (κ2) is 6.02. The third kappa shape index (κ3) is 3.67. The fourth-order valence-corrected chi connectivity index (χ4v) is 2.31. The summed E-state index contributed by atoms with van der Waals surface area (Å²) in [6.07, 6.45) is 1.23. The van der Waals surface area contributed by atoms with Crippen LogP contribution in [0.25, 0.3) is 0 Å². The highest BCUT2D eigenvalue weighted by atomic mass is 35.5. The maximum absolute atomic E-state index is 11.4. The molecule has 104 valence electrons. The molecular formula is C13H16ClNO4. The van der Waals surface area contributed by atoms with E-state index in [9.17, 15) is 20.0 Å². The maximum atomic E-state index is 11.4. The average Bonchev–Trinajstić information content (AvgIpc) is 2.28. The molecule has 6 heteroatoms. The Morgan fingerprint density at radius 2 is 2.16 bits per heavy atom. The molecule has 0 aromatic heterocycles. The Balaban J connectivity index is 3.19. The Labute approximate surface area is 116 Å². The molecule has 0 aliphatic carbocycles. The van der Waals surface area contributed by atoms with Crippen LogP contribution in [-0.2, 0) is 11.2 Å². The lowest BCUT2D eigenvalue weighted by Crippen LogP contribution is -2.30. The molecule has 0 amide bonds. The molecule has 1 N–H and O–H groups in total. The largest absolute Gasteiger partial charge is 0.481 e.